The Balaban J connectivity index is 1.16. The van der Waals surface area contributed by atoms with Crippen molar-refractivity contribution in [3.05, 3.63) is 65.6 Å². The maximum absolute atomic E-state index is 14.8. The van der Waals surface area contributed by atoms with E-state index in [1.807, 2.05) is 30.3 Å². The topological polar surface area (TPSA) is 109 Å². The van der Waals surface area contributed by atoms with Crippen LogP contribution in [-0.4, -0.2) is 47.0 Å². The van der Waals surface area contributed by atoms with Gasteiger partial charge in [0.1, 0.15) is 19.0 Å². The SMILES string of the molecule is NC12CCC(CCc3c(F)cnc4ccc(OCCNC(=O)OCc5ccccc5)nc34)(CC1)OC2. The van der Waals surface area contributed by atoms with Gasteiger partial charge in [0.15, 0.2) is 0 Å². The summed E-state index contributed by atoms with van der Waals surface area (Å²) in [6.07, 6.45) is 5.60. The monoisotopic (exact) mass is 494 g/mol. The van der Waals surface area contributed by atoms with Crippen molar-refractivity contribution >= 4 is 17.1 Å². The number of benzene rings is 1. The third-order valence-electron chi connectivity index (χ3n) is 7.23. The lowest BCUT2D eigenvalue weighted by atomic mass is 9.70. The van der Waals surface area contributed by atoms with E-state index < -0.39 is 6.09 Å². The first-order chi connectivity index (χ1) is 17.4. The van der Waals surface area contributed by atoms with Gasteiger partial charge >= 0.3 is 6.09 Å². The number of fused-ring (bicyclic) bond motifs is 4. The molecule has 8 nitrogen and oxygen atoms in total. The smallest absolute Gasteiger partial charge is 0.407 e. The minimum absolute atomic E-state index is 0.189. The van der Waals surface area contributed by atoms with Crippen LogP contribution in [0.25, 0.3) is 11.0 Å². The average Bonchev–Trinajstić information content (AvgIpc) is 2.91. The molecule has 36 heavy (non-hydrogen) atoms. The Labute approximate surface area is 209 Å². The number of alkyl carbamates (subject to hydrolysis) is 1. The Bertz CT molecular complexity index is 1200. The van der Waals surface area contributed by atoms with Gasteiger partial charge in [-0.25, -0.2) is 14.2 Å². The lowest BCUT2D eigenvalue weighted by Crippen LogP contribution is -2.59. The molecule has 1 saturated carbocycles. The Morgan fingerprint density at radius 2 is 1.94 bits per heavy atom. The molecule has 2 aromatic heterocycles. The zero-order valence-electron chi connectivity index (χ0n) is 20.2. The van der Waals surface area contributed by atoms with Crippen molar-refractivity contribution in [2.24, 2.45) is 5.73 Å². The lowest BCUT2D eigenvalue weighted by molar-refractivity contribution is -0.156. The van der Waals surface area contributed by atoms with Crippen LogP contribution >= 0.6 is 0 Å². The molecule has 3 aromatic rings. The maximum Gasteiger partial charge on any atom is 0.407 e. The van der Waals surface area contributed by atoms with Crippen LogP contribution in [0.3, 0.4) is 0 Å². The number of rotatable bonds is 9. The van der Waals surface area contributed by atoms with E-state index in [1.54, 1.807) is 12.1 Å². The van der Waals surface area contributed by atoms with Gasteiger partial charge in [-0.2, -0.15) is 0 Å². The molecule has 3 fully saturated rings. The molecule has 1 amide bonds. The number of nitrogens with zero attached hydrogens (tertiary/aromatic N) is 2. The summed E-state index contributed by atoms with van der Waals surface area (Å²) in [5.41, 5.74) is 8.41. The van der Waals surface area contributed by atoms with Crippen LogP contribution < -0.4 is 15.8 Å². The summed E-state index contributed by atoms with van der Waals surface area (Å²) < 4.78 is 31.9. The fourth-order valence-corrected chi connectivity index (χ4v) is 4.94. The molecule has 2 saturated heterocycles. The van der Waals surface area contributed by atoms with E-state index in [9.17, 15) is 9.18 Å². The van der Waals surface area contributed by atoms with Crippen LogP contribution in [0.5, 0.6) is 5.88 Å². The predicted octanol–water partition coefficient (Wildman–Crippen LogP) is 4.05. The quantitative estimate of drug-likeness (QED) is 0.432. The molecule has 0 unspecified atom stereocenters. The Morgan fingerprint density at radius 1 is 1.14 bits per heavy atom. The van der Waals surface area contributed by atoms with E-state index in [0.717, 1.165) is 31.2 Å². The highest BCUT2D eigenvalue weighted by molar-refractivity contribution is 5.78. The number of pyridine rings is 2. The highest BCUT2D eigenvalue weighted by Crippen LogP contribution is 2.45. The summed E-state index contributed by atoms with van der Waals surface area (Å²) in [6.45, 7) is 1.19. The van der Waals surface area contributed by atoms with E-state index >= 15 is 0 Å². The number of ether oxygens (including phenoxy) is 3. The normalized spacial score (nSPS) is 22.9. The van der Waals surface area contributed by atoms with Gasteiger partial charge in [-0.1, -0.05) is 30.3 Å². The van der Waals surface area contributed by atoms with Gasteiger partial charge in [0.05, 0.1) is 36.0 Å². The third-order valence-corrected chi connectivity index (χ3v) is 7.23. The van der Waals surface area contributed by atoms with E-state index in [2.05, 4.69) is 15.3 Å². The third kappa shape index (κ3) is 5.57. The number of hydrogen-bond donors (Lipinski definition) is 2. The van der Waals surface area contributed by atoms with E-state index in [0.29, 0.717) is 41.9 Å². The van der Waals surface area contributed by atoms with Crippen LogP contribution in [0.2, 0.25) is 0 Å². The van der Waals surface area contributed by atoms with E-state index in [1.165, 1.54) is 6.20 Å². The van der Waals surface area contributed by atoms with Gasteiger partial charge in [-0.15, -0.1) is 0 Å². The van der Waals surface area contributed by atoms with Crippen molar-refractivity contribution in [3.63, 3.8) is 0 Å². The largest absolute Gasteiger partial charge is 0.476 e. The van der Waals surface area contributed by atoms with Gasteiger partial charge in [-0.3, -0.25) is 4.98 Å². The van der Waals surface area contributed by atoms with Crippen molar-refractivity contribution in [3.8, 4) is 5.88 Å². The van der Waals surface area contributed by atoms with Gasteiger partial charge in [0.25, 0.3) is 0 Å². The minimum Gasteiger partial charge on any atom is -0.476 e. The van der Waals surface area contributed by atoms with Gasteiger partial charge in [0.2, 0.25) is 5.88 Å². The molecule has 2 aliphatic heterocycles. The number of carbonyl (C=O) groups is 1. The van der Waals surface area contributed by atoms with E-state index in [-0.39, 0.29) is 36.7 Å². The summed E-state index contributed by atoms with van der Waals surface area (Å²) in [5.74, 6) is -0.0422. The van der Waals surface area contributed by atoms with Crippen LogP contribution in [0.1, 0.15) is 43.2 Å². The molecule has 0 spiro atoms. The summed E-state index contributed by atoms with van der Waals surface area (Å²) in [6, 6.07) is 12.9. The summed E-state index contributed by atoms with van der Waals surface area (Å²) in [4.78, 5) is 20.6. The Kier molecular flexibility index (Phi) is 7.02. The average molecular weight is 495 g/mol. The molecule has 2 bridgehead atoms. The fourth-order valence-electron chi connectivity index (χ4n) is 4.94. The van der Waals surface area contributed by atoms with Crippen molar-refractivity contribution in [2.45, 2.75) is 56.3 Å². The predicted molar refractivity (Wildman–Crippen MR) is 132 cm³/mol. The lowest BCUT2D eigenvalue weighted by Gasteiger charge is -2.51. The van der Waals surface area contributed by atoms with E-state index in [4.69, 9.17) is 19.9 Å². The number of nitrogens with two attached hydrogens (primary N) is 1. The number of halogens is 1. The molecule has 190 valence electrons. The molecule has 6 rings (SSSR count). The first-order valence-electron chi connectivity index (χ1n) is 12.4. The number of nitrogens with one attached hydrogen (secondary N) is 1. The molecule has 1 aliphatic carbocycles. The van der Waals surface area contributed by atoms with Gasteiger partial charge in [-0.05, 0) is 50.2 Å². The number of aromatic nitrogens is 2. The number of aryl methyl sites for hydroxylation is 1. The highest BCUT2D eigenvalue weighted by atomic mass is 19.1. The first kappa shape index (κ1) is 24.4. The summed E-state index contributed by atoms with van der Waals surface area (Å²) in [7, 11) is 0. The second kappa shape index (κ2) is 10.4. The molecule has 9 heteroatoms. The van der Waals surface area contributed by atoms with Crippen molar-refractivity contribution in [2.75, 3.05) is 19.8 Å². The van der Waals surface area contributed by atoms with Crippen LogP contribution in [0, 0.1) is 5.82 Å². The first-order valence-corrected chi connectivity index (χ1v) is 12.4. The van der Waals surface area contributed by atoms with Crippen LogP contribution in [0.4, 0.5) is 9.18 Å². The number of amides is 1. The molecule has 0 atom stereocenters. The Morgan fingerprint density at radius 3 is 2.69 bits per heavy atom. The van der Waals surface area contributed by atoms with Gasteiger partial charge in [0, 0.05) is 17.2 Å². The van der Waals surface area contributed by atoms with Crippen molar-refractivity contribution in [1.82, 2.24) is 15.3 Å². The molecule has 3 N–H and O–H groups in total. The number of carbonyl (C=O) groups excluding carboxylic acids is 1. The second-order valence-corrected chi connectivity index (χ2v) is 9.77. The van der Waals surface area contributed by atoms with Crippen LogP contribution in [0.15, 0.2) is 48.7 Å². The van der Waals surface area contributed by atoms with Crippen molar-refractivity contribution < 1.29 is 23.4 Å². The Hall–Kier alpha value is -3.30. The maximum atomic E-state index is 14.8. The molecule has 3 aliphatic rings. The molecular weight excluding hydrogens is 463 g/mol. The zero-order valence-corrected chi connectivity index (χ0v) is 20.2. The summed E-state index contributed by atoms with van der Waals surface area (Å²) >= 11 is 0. The van der Waals surface area contributed by atoms with Gasteiger partial charge < -0.3 is 25.3 Å². The molecule has 4 heterocycles. The zero-order chi connectivity index (χ0) is 25.0. The number of hydrogen-bond acceptors (Lipinski definition) is 7. The molecule has 1 aromatic carbocycles. The minimum atomic E-state index is -0.527. The fraction of sp³-hybridized carbons (Fsp3) is 0.444. The highest BCUT2D eigenvalue weighted by Gasteiger charge is 2.47. The molecular formula is C27H31FN4O4. The van der Waals surface area contributed by atoms with Crippen molar-refractivity contribution in [1.29, 1.82) is 0 Å². The second-order valence-electron chi connectivity index (χ2n) is 9.77. The summed E-state index contributed by atoms with van der Waals surface area (Å²) in [5, 5.41) is 2.65. The standard InChI is InChI=1S/C27H31FN4O4/c28-21-16-31-22-6-7-23(34-15-14-30-25(33)35-17-19-4-2-1-3-5-19)32-24(22)20(21)8-9-27-12-10-26(29,11-13-27)18-36-27/h1-7,16H,8-15,17-18,29H2,(H,30,33). The van der Waals surface area contributed by atoms with Crippen LogP contribution in [-0.2, 0) is 22.5 Å². The molecule has 0 radical (unpaired) electrons.